The van der Waals surface area contributed by atoms with Crippen LogP contribution in [0.25, 0.3) is 0 Å². The number of morpholine rings is 1. The number of imidazole rings is 1. The quantitative estimate of drug-likeness (QED) is 0.286. The van der Waals surface area contributed by atoms with Crippen LogP contribution in [0.2, 0.25) is 0 Å². The summed E-state index contributed by atoms with van der Waals surface area (Å²) in [5.74, 6) is 5.60. The van der Waals surface area contributed by atoms with Gasteiger partial charge in [0, 0.05) is 18.4 Å². The lowest BCUT2D eigenvalue weighted by molar-refractivity contribution is -0.228. The van der Waals surface area contributed by atoms with Gasteiger partial charge < -0.3 is 14.5 Å². The van der Waals surface area contributed by atoms with Gasteiger partial charge in [-0.2, -0.15) is 26.3 Å². The maximum absolute atomic E-state index is 13.6. The summed E-state index contributed by atoms with van der Waals surface area (Å²) < 4.78 is 106. The van der Waals surface area contributed by atoms with E-state index < -0.39 is 47.7 Å². The molecule has 3 atom stereocenters. The monoisotopic (exact) mass is 555 g/mol. The van der Waals surface area contributed by atoms with Crippen LogP contribution in [0.5, 0.6) is 0 Å². The molecule has 1 aromatic heterocycles. The minimum absolute atomic E-state index is 0.0678. The van der Waals surface area contributed by atoms with Gasteiger partial charge in [0.25, 0.3) is 0 Å². The lowest BCUT2D eigenvalue weighted by atomic mass is 10.0. The molecule has 0 saturated carbocycles. The first-order valence-electron chi connectivity index (χ1n) is 11.9. The number of nitrogens with one attached hydrogen (secondary N) is 1. The second-order valence-electron chi connectivity index (χ2n) is 8.93. The molecule has 208 valence electrons. The van der Waals surface area contributed by atoms with Crippen LogP contribution in [-0.4, -0.2) is 40.9 Å². The Bertz CT molecular complexity index is 1260. The summed E-state index contributed by atoms with van der Waals surface area (Å²) in [6.45, 7) is 2.20. The summed E-state index contributed by atoms with van der Waals surface area (Å²) in [5, 5.41) is 0. The highest BCUT2D eigenvalue weighted by Gasteiger charge is 2.39. The SMILES string of the molecule is C[C@@H](O[C@H]1OCCN(CC#CCc2cnc[nH]2)[C@H]1c1ccc(F)cc1)c1cc(C(F)(F)F)cc(C(F)(F)F)c1. The van der Waals surface area contributed by atoms with E-state index in [0.717, 1.165) is 5.69 Å². The standard InChI is InChI=1S/C27H24F7N3O2/c1-17(19-12-20(26(29,30)31)14-21(13-19)27(32,33)34)39-25-24(18-5-7-22(28)8-6-18)37(10-11-38-25)9-3-2-4-23-15-35-16-36-23/h5-8,12-17,24-25H,4,9-11H2,1H3,(H,35,36)/t17-,24+,25-/m1/s1. The molecule has 0 amide bonds. The smallest absolute Gasteiger partial charge is 0.349 e. The summed E-state index contributed by atoms with van der Waals surface area (Å²) in [4.78, 5) is 8.77. The predicted octanol–water partition coefficient (Wildman–Crippen LogP) is 6.31. The average Bonchev–Trinajstić information content (AvgIpc) is 3.40. The van der Waals surface area contributed by atoms with Crippen molar-refractivity contribution in [3.05, 3.63) is 88.8 Å². The van der Waals surface area contributed by atoms with E-state index in [1.807, 2.05) is 4.90 Å². The van der Waals surface area contributed by atoms with Crippen molar-refractivity contribution >= 4 is 0 Å². The molecule has 1 aliphatic heterocycles. The Balaban J connectivity index is 1.60. The highest BCUT2D eigenvalue weighted by molar-refractivity contribution is 5.35. The number of ether oxygens (including phenoxy) is 2. The summed E-state index contributed by atoms with van der Waals surface area (Å²) in [5.41, 5.74) is -1.76. The Labute approximate surface area is 219 Å². The van der Waals surface area contributed by atoms with Crippen molar-refractivity contribution in [2.75, 3.05) is 19.7 Å². The third-order valence-electron chi connectivity index (χ3n) is 6.18. The first-order chi connectivity index (χ1) is 18.4. The van der Waals surface area contributed by atoms with Crippen LogP contribution in [0.1, 0.15) is 47.0 Å². The van der Waals surface area contributed by atoms with E-state index in [9.17, 15) is 30.7 Å². The first-order valence-corrected chi connectivity index (χ1v) is 11.9. The van der Waals surface area contributed by atoms with E-state index in [2.05, 4.69) is 21.8 Å². The Kier molecular flexibility index (Phi) is 8.64. The summed E-state index contributed by atoms with van der Waals surface area (Å²) in [7, 11) is 0. The van der Waals surface area contributed by atoms with Gasteiger partial charge in [-0.15, -0.1) is 0 Å². The van der Waals surface area contributed by atoms with Crippen molar-refractivity contribution in [3.63, 3.8) is 0 Å². The number of alkyl halides is 6. The van der Waals surface area contributed by atoms with Gasteiger partial charge >= 0.3 is 12.4 Å². The zero-order valence-electron chi connectivity index (χ0n) is 20.6. The fraction of sp³-hybridized carbons (Fsp3) is 0.370. The molecule has 2 heterocycles. The van der Waals surface area contributed by atoms with Gasteiger partial charge in [0.2, 0.25) is 0 Å². The van der Waals surface area contributed by atoms with Crippen molar-refractivity contribution in [1.82, 2.24) is 14.9 Å². The molecule has 1 aliphatic rings. The van der Waals surface area contributed by atoms with Crippen molar-refractivity contribution in [2.24, 2.45) is 0 Å². The number of hydrogen-bond acceptors (Lipinski definition) is 4. The Hall–Kier alpha value is -3.40. The molecule has 12 heteroatoms. The molecule has 1 fully saturated rings. The van der Waals surface area contributed by atoms with Crippen LogP contribution >= 0.6 is 0 Å². The first kappa shape index (κ1) is 28.6. The van der Waals surface area contributed by atoms with E-state index in [1.165, 1.54) is 37.5 Å². The second kappa shape index (κ2) is 11.8. The number of hydrogen-bond donors (Lipinski definition) is 1. The molecule has 4 rings (SSSR count). The van der Waals surface area contributed by atoms with Gasteiger partial charge in [-0.1, -0.05) is 24.0 Å². The average molecular weight is 555 g/mol. The molecular formula is C27H24F7N3O2. The third-order valence-corrected chi connectivity index (χ3v) is 6.18. The molecule has 5 nitrogen and oxygen atoms in total. The summed E-state index contributed by atoms with van der Waals surface area (Å²) >= 11 is 0. The van der Waals surface area contributed by atoms with Gasteiger partial charge in [-0.3, -0.25) is 4.90 Å². The molecule has 1 N–H and O–H groups in total. The normalized spacial score (nSPS) is 19.4. The number of benzene rings is 2. The minimum Gasteiger partial charge on any atom is -0.349 e. The zero-order valence-corrected chi connectivity index (χ0v) is 20.6. The number of aromatic nitrogens is 2. The van der Waals surface area contributed by atoms with Crippen LogP contribution in [0.15, 0.2) is 55.0 Å². The van der Waals surface area contributed by atoms with Crippen molar-refractivity contribution in [1.29, 1.82) is 0 Å². The molecule has 0 bridgehead atoms. The summed E-state index contributed by atoms with van der Waals surface area (Å²) in [6.07, 6.45) is -8.65. The van der Waals surface area contributed by atoms with Crippen molar-refractivity contribution in [3.8, 4) is 11.8 Å². The topological polar surface area (TPSA) is 50.4 Å². The molecule has 3 aromatic rings. The fourth-order valence-electron chi connectivity index (χ4n) is 4.20. The van der Waals surface area contributed by atoms with Gasteiger partial charge in [-0.05, 0) is 48.4 Å². The second-order valence-corrected chi connectivity index (χ2v) is 8.93. The van der Waals surface area contributed by atoms with E-state index in [4.69, 9.17) is 9.47 Å². The van der Waals surface area contributed by atoms with Crippen LogP contribution in [0.4, 0.5) is 30.7 Å². The number of rotatable bonds is 6. The molecule has 1 saturated heterocycles. The van der Waals surface area contributed by atoms with Gasteiger partial charge in [0.1, 0.15) is 5.82 Å². The van der Waals surface area contributed by atoms with Gasteiger partial charge in [0.15, 0.2) is 6.29 Å². The largest absolute Gasteiger partial charge is 0.416 e. The van der Waals surface area contributed by atoms with Crippen molar-refractivity contribution < 1.29 is 40.2 Å². The van der Waals surface area contributed by atoms with Crippen molar-refractivity contribution in [2.45, 2.75) is 44.1 Å². The lowest BCUT2D eigenvalue weighted by Crippen LogP contribution is -2.46. The van der Waals surface area contributed by atoms with Crippen LogP contribution in [0.3, 0.4) is 0 Å². The number of H-pyrrole nitrogens is 1. The van der Waals surface area contributed by atoms with E-state index in [0.29, 0.717) is 30.7 Å². The highest BCUT2D eigenvalue weighted by atomic mass is 19.4. The zero-order chi connectivity index (χ0) is 28.2. The van der Waals surface area contributed by atoms with Crippen LogP contribution in [0, 0.1) is 17.7 Å². The highest BCUT2D eigenvalue weighted by Crippen LogP contribution is 2.39. The Morgan fingerprint density at radius 2 is 1.72 bits per heavy atom. The van der Waals surface area contributed by atoms with Crippen LogP contribution < -0.4 is 0 Å². The number of aromatic amines is 1. The number of halogens is 7. The van der Waals surface area contributed by atoms with Gasteiger partial charge in [0.05, 0.1) is 49.2 Å². The van der Waals surface area contributed by atoms with E-state index in [-0.39, 0.29) is 24.8 Å². The lowest BCUT2D eigenvalue weighted by Gasteiger charge is -2.41. The number of nitrogens with zero attached hydrogens (tertiary/aromatic N) is 2. The molecule has 39 heavy (non-hydrogen) atoms. The maximum Gasteiger partial charge on any atom is 0.416 e. The van der Waals surface area contributed by atoms with E-state index in [1.54, 1.807) is 6.20 Å². The minimum atomic E-state index is -4.99. The molecule has 0 aliphatic carbocycles. The van der Waals surface area contributed by atoms with Gasteiger partial charge in [-0.25, -0.2) is 9.37 Å². The van der Waals surface area contributed by atoms with E-state index >= 15 is 0 Å². The Morgan fingerprint density at radius 1 is 1.05 bits per heavy atom. The maximum atomic E-state index is 13.6. The predicted molar refractivity (Wildman–Crippen MR) is 126 cm³/mol. The molecule has 0 unspecified atom stereocenters. The molecule has 0 radical (unpaired) electrons. The molecular weight excluding hydrogens is 531 g/mol. The third kappa shape index (κ3) is 7.38. The van der Waals surface area contributed by atoms with Crippen LogP contribution in [-0.2, 0) is 28.2 Å². The Morgan fingerprint density at radius 3 is 2.31 bits per heavy atom. The summed E-state index contributed by atoms with van der Waals surface area (Å²) in [6, 6.07) is 6.21. The fourth-order valence-corrected chi connectivity index (χ4v) is 4.20. The molecule has 0 spiro atoms. The molecule has 2 aromatic carbocycles.